The molecule has 1 aliphatic heterocycles. The minimum Gasteiger partial charge on any atom is -0.369 e. The van der Waals surface area contributed by atoms with Gasteiger partial charge in [0.1, 0.15) is 12.1 Å². The first-order valence-corrected chi connectivity index (χ1v) is 11.5. The summed E-state index contributed by atoms with van der Waals surface area (Å²) in [5, 5.41) is 4.52. The molecule has 1 aliphatic rings. The van der Waals surface area contributed by atoms with Gasteiger partial charge in [0, 0.05) is 57.0 Å². The van der Waals surface area contributed by atoms with Crippen molar-refractivity contribution in [1.29, 1.82) is 0 Å². The number of H-pyrrole nitrogens is 1. The minimum absolute atomic E-state index is 0. The molecule has 1 aromatic carbocycles. The summed E-state index contributed by atoms with van der Waals surface area (Å²) < 4.78 is 2.82. The van der Waals surface area contributed by atoms with Gasteiger partial charge in [-0.1, -0.05) is 0 Å². The fourth-order valence-electron chi connectivity index (χ4n) is 4.30. The van der Waals surface area contributed by atoms with E-state index < -0.39 is 0 Å². The molecule has 190 valence electrons. The van der Waals surface area contributed by atoms with Crippen LogP contribution in [0.1, 0.15) is 13.3 Å². The molecule has 4 aromatic rings. The summed E-state index contributed by atoms with van der Waals surface area (Å²) in [7, 11) is 0. The number of hydrogen-bond donors (Lipinski definition) is 2. The number of imidazole rings is 1. The van der Waals surface area contributed by atoms with Crippen molar-refractivity contribution < 1.29 is 0 Å². The van der Waals surface area contributed by atoms with Crippen LogP contribution in [0.25, 0.3) is 21.9 Å². The van der Waals surface area contributed by atoms with Crippen molar-refractivity contribution in [2.24, 2.45) is 0 Å². The smallest absolute Gasteiger partial charge is 0.225 e. The molecule has 0 saturated carbocycles. The van der Waals surface area contributed by atoms with Crippen molar-refractivity contribution in [2.75, 3.05) is 49.5 Å². The maximum Gasteiger partial charge on any atom is 0.225 e. The highest BCUT2D eigenvalue weighted by Crippen LogP contribution is 2.25. The predicted octanol–water partition coefficient (Wildman–Crippen LogP) is 4.34. The Morgan fingerprint density at radius 2 is 1.74 bits per heavy atom. The SMILES string of the molecule is CCn1c(=S)[nH]c2cc3c(NCCCN4CCN(c5ncccn5)CC4)ncnc3cc21.Cl.Cl.Cl. The van der Waals surface area contributed by atoms with Crippen molar-refractivity contribution >= 4 is 83.1 Å². The van der Waals surface area contributed by atoms with E-state index in [1.165, 1.54) is 0 Å². The molecule has 0 bridgehead atoms. The quantitative estimate of drug-likeness (QED) is 0.256. The lowest BCUT2D eigenvalue weighted by Crippen LogP contribution is -2.47. The summed E-state index contributed by atoms with van der Waals surface area (Å²) in [5.74, 6) is 1.69. The van der Waals surface area contributed by atoms with Crippen LogP contribution in [-0.2, 0) is 6.54 Å². The average molecular weight is 559 g/mol. The van der Waals surface area contributed by atoms with E-state index >= 15 is 0 Å². The van der Waals surface area contributed by atoms with E-state index in [1.54, 1.807) is 18.7 Å². The van der Waals surface area contributed by atoms with E-state index in [4.69, 9.17) is 12.2 Å². The van der Waals surface area contributed by atoms with Crippen LogP contribution in [0.15, 0.2) is 36.9 Å². The van der Waals surface area contributed by atoms with Gasteiger partial charge >= 0.3 is 0 Å². The van der Waals surface area contributed by atoms with Gasteiger partial charge in [0.05, 0.1) is 16.6 Å². The molecule has 3 aromatic heterocycles. The molecule has 4 heterocycles. The molecule has 1 saturated heterocycles. The molecule has 0 radical (unpaired) electrons. The van der Waals surface area contributed by atoms with Crippen LogP contribution >= 0.6 is 49.4 Å². The number of nitrogens with one attached hydrogen (secondary N) is 2. The van der Waals surface area contributed by atoms with E-state index in [0.29, 0.717) is 0 Å². The van der Waals surface area contributed by atoms with Crippen LogP contribution in [0, 0.1) is 4.77 Å². The number of halogens is 3. The van der Waals surface area contributed by atoms with Crippen LogP contribution in [-0.4, -0.2) is 73.7 Å². The Morgan fingerprint density at radius 3 is 2.46 bits per heavy atom. The van der Waals surface area contributed by atoms with Gasteiger partial charge in [0.2, 0.25) is 5.95 Å². The molecule has 0 spiro atoms. The number of hydrogen-bond acceptors (Lipinski definition) is 8. The van der Waals surface area contributed by atoms with Crippen LogP contribution in [0.4, 0.5) is 11.8 Å². The van der Waals surface area contributed by atoms with Gasteiger partial charge < -0.3 is 19.8 Å². The Kier molecular flexibility index (Phi) is 10.9. The van der Waals surface area contributed by atoms with Crippen molar-refractivity contribution in [1.82, 2.24) is 34.4 Å². The monoisotopic (exact) mass is 557 g/mol. The highest BCUT2D eigenvalue weighted by molar-refractivity contribution is 7.71. The Balaban J connectivity index is 0.00000144. The molecule has 2 N–H and O–H groups in total. The number of aryl methyl sites for hydroxylation is 1. The summed E-state index contributed by atoms with van der Waals surface area (Å²) >= 11 is 5.45. The molecular weight excluding hydrogens is 529 g/mol. The Morgan fingerprint density at radius 1 is 1.00 bits per heavy atom. The zero-order valence-corrected chi connectivity index (χ0v) is 22.7. The Bertz CT molecular complexity index is 1270. The zero-order valence-electron chi connectivity index (χ0n) is 19.4. The average Bonchev–Trinajstić information content (AvgIpc) is 3.15. The Hall–Kier alpha value is -2.24. The Labute approximate surface area is 228 Å². The van der Waals surface area contributed by atoms with Gasteiger partial charge in [-0.15, -0.1) is 37.2 Å². The second-order valence-corrected chi connectivity index (χ2v) is 8.33. The van der Waals surface area contributed by atoms with Crippen LogP contribution in [0.5, 0.6) is 0 Å². The fourth-order valence-corrected chi connectivity index (χ4v) is 4.64. The number of rotatable bonds is 7. The molecule has 5 rings (SSSR count). The molecule has 0 atom stereocenters. The van der Waals surface area contributed by atoms with Crippen molar-refractivity contribution in [2.45, 2.75) is 19.9 Å². The zero-order chi connectivity index (χ0) is 21.9. The van der Waals surface area contributed by atoms with Crippen LogP contribution in [0.2, 0.25) is 0 Å². The summed E-state index contributed by atoms with van der Waals surface area (Å²) in [6.45, 7) is 8.81. The van der Waals surface area contributed by atoms with Crippen molar-refractivity contribution in [3.05, 3.63) is 41.7 Å². The minimum atomic E-state index is 0. The van der Waals surface area contributed by atoms with E-state index in [-0.39, 0.29) is 37.2 Å². The predicted molar refractivity (Wildman–Crippen MR) is 151 cm³/mol. The normalized spacial score (nSPS) is 13.7. The van der Waals surface area contributed by atoms with Crippen LogP contribution in [0.3, 0.4) is 0 Å². The molecule has 0 aliphatic carbocycles. The molecule has 35 heavy (non-hydrogen) atoms. The first-order chi connectivity index (χ1) is 15.7. The lowest BCUT2D eigenvalue weighted by molar-refractivity contribution is 0.256. The molecule has 0 unspecified atom stereocenters. The van der Waals surface area contributed by atoms with Crippen LogP contribution < -0.4 is 10.2 Å². The topological polar surface area (TPSA) is 90.8 Å². The van der Waals surface area contributed by atoms with Gasteiger partial charge in [-0.25, -0.2) is 19.9 Å². The highest BCUT2D eigenvalue weighted by Gasteiger charge is 2.18. The third kappa shape index (κ3) is 6.31. The molecule has 1 fully saturated rings. The van der Waals surface area contributed by atoms with Gasteiger partial charge in [0.25, 0.3) is 0 Å². The van der Waals surface area contributed by atoms with E-state index in [0.717, 1.165) is 90.7 Å². The number of aromatic nitrogens is 6. The van der Waals surface area contributed by atoms with E-state index in [1.807, 2.05) is 6.07 Å². The standard InChI is InChI=1S/C22H27N9S.3ClH/c1-2-31-19-14-17-16(13-18(19)28-22(31)32)20(27-15-26-17)23-7-4-8-29-9-11-30(12-10-29)21-24-5-3-6-25-21;;;/h3,5-6,13-15H,2,4,7-12H2,1H3,(H,28,32)(H,23,26,27);3*1H. The second kappa shape index (κ2) is 13.2. The summed E-state index contributed by atoms with van der Waals surface area (Å²) in [6.07, 6.45) is 6.27. The largest absolute Gasteiger partial charge is 0.369 e. The number of anilines is 2. The number of fused-ring (bicyclic) bond motifs is 2. The van der Waals surface area contributed by atoms with Gasteiger partial charge in [-0.05, 0) is 50.3 Å². The summed E-state index contributed by atoms with van der Waals surface area (Å²) in [5.41, 5.74) is 3.02. The first kappa shape index (κ1) is 29.0. The van der Waals surface area contributed by atoms with Crippen molar-refractivity contribution in [3.63, 3.8) is 0 Å². The maximum atomic E-state index is 5.45. The second-order valence-electron chi connectivity index (χ2n) is 7.94. The fraction of sp³-hybridized carbons (Fsp3) is 0.409. The number of benzene rings is 1. The third-order valence-corrected chi connectivity index (χ3v) is 6.32. The molecule has 9 nitrogen and oxygen atoms in total. The number of aromatic amines is 1. The summed E-state index contributed by atoms with van der Waals surface area (Å²) in [6, 6.07) is 6.04. The number of nitrogens with zero attached hydrogens (tertiary/aromatic N) is 7. The summed E-state index contributed by atoms with van der Waals surface area (Å²) in [4.78, 5) is 25.7. The molecule has 13 heteroatoms. The van der Waals surface area contributed by atoms with Crippen molar-refractivity contribution in [3.8, 4) is 0 Å². The maximum absolute atomic E-state index is 5.45. The first-order valence-electron chi connectivity index (χ1n) is 11.1. The van der Waals surface area contributed by atoms with Gasteiger partial charge in [-0.2, -0.15) is 0 Å². The lowest BCUT2D eigenvalue weighted by atomic mass is 10.2. The molecule has 0 amide bonds. The number of piperazine rings is 1. The van der Waals surface area contributed by atoms with E-state index in [9.17, 15) is 0 Å². The van der Waals surface area contributed by atoms with Gasteiger partial charge in [-0.3, -0.25) is 4.90 Å². The van der Waals surface area contributed by atoms with E-state index in [2.05, 4.69) is 63.7 Å². The van der Waals surface area contributed by atoms with Gasteiger partial charge in [0.15, 0.2) is 4.77 Å². The highest BCUT2D eigenvalue weighted by atomic mass is 35.5. The molecular formula is C22H30Cl3N9S. The third-order valence-electron chi connectivity index (χ3n) is 6.00. The lowest BCUT2D eigenvalue weighted by Gasteiger charge is -2.34.